The van der Waals surface area contributed by atoms with E-state index in [-0.39, 0.29) is 0 Å². The fourth-order valence-electron chi connectivity index (χ4n) is 6.51. The second-order valence-electron chi connectivity index (χ2n) is 12.2. The molecule has 0 amide bonds. The molecule has 0 spiro atoms. The van der Waals surface area contributed by atoms with Crippen molar-refractivity contribution in [2.75, 3.05) is 75.4 Å². The van der Waals surface area contributed by atoms with Crippen LogP contribution in [0.2, 0.25) is 0 Å². The number of fused-ring (bicyclic) bond motifs is 1. The molecule has 0 saturated carbocycles. The van der Waals surface area contributed by atoms with E-state index in [9.17, 15) is 4.57 Å². The molecule has 48 heavy (non-hydrogen) atoms. The van der Waals surface area contributed by atoms with E-state index in [0.29, 0.717) is 50.1 Å². The molecule has 0 unspecified atom stereocenters. The van der Waals surface area contributed by atoms with Crippen molar-refractivity contribution in [3.8, 4) is 16.9 Å². The Morgan fingerprint density at radius 1 is 1.00 bits per heavy atom. The maximum absolute atomic E-state index is 13.5. The largest absolute Gasteiger partial charge is 0.494 e. The third kappa shape index (κ3) is 6.90. The summed E-state index contributed by atoms with van der Waals surface area (Å²) >= 11 is 5.02. The second-order valence-corrected chi connectivity index (χ2v) is 16.9. The minimum absolute atomic E-state index is 0.366. The Hall–Kier alpha value is -3.68. The Bertz CT molecular complexity index is 1960. The van der Waals surface area contributed by atoms with E-state index < -0.39 is 7.14 Å². The summed E-state index contributed by atoms with van der Waals surface area (Å²) in [5.41, 5.74) is 5.89. The van der Waals surface area contributed by atoms with Crippen molar-refractivity contribution in [3.05, 3.63) is 58.9 Å². The van der Waals surface area contributed by atoms with E-state index in [1.807, 2.05) is 18.3 Å². The van der Waals surface area contributed by atoms with Crippen LogP contribution in [-0.2, 0) is 9.30 Å². The average molecular weight is 751 g/mol. The van der Waals surface area contributed by atoms with Crippen LogP contribution in [0.3, 0.4) is 0 Å². The van der Waals surface area contributed by atoms with Gasteiger partial charge in [0.05, 0.1) is 47.0 Å². The van der Waals surface area contributed by atoms with Crippen molar-refractivity contribution in [3.63, 3.8) is 0 Å². The minimum atomic E-state index is -2.76. The molecule has 0 atom stereocenters. The van der Waals surface area contributed by atoms with Gasteiger partial charge in [0.1, 0.15) is 24.2 Å². The molecule has 2 N–H and O–H groups in total. The third-order valence-corrected chi connectivity index (χ3v) is 11.5. The molecule has 15 heteroatoms. The van der Waals surface area contributed by atoms with Gasteiger partial charge in [-0.2, -0.15) is 4.98 Å². The van der Waals surface area contributed by atoms with Gasteiger partial charge >= 0.3 is 0 Å². The monoisotopic (exact) mass is 749 g/mol. The van der Waals surface area contributed by atoms with Crippen LogP contribution in [0, 0.1) is 0 Å². The summed E-state index contributed by atoms with van der Waals surface area (Å²) in [6, 6.07) is 8.49. The Balaban J connectivity index is 1.18. The molecule has 0 bridgehead atoms. The van der Waals surface area contributed by atoms with E-state index in [0.717, 1.165) is 74.7 Å². The van der Waals surface area contributed by atoms with E-state index >= 15 is 0 Å². The van der Waals surface area contributed by atoms with Gasteiger partial charge in [-0.05, 0) is 71.8 Å². The van der Waals surface area contributed by atoms with E-state index in [1.165, 1.54) is 11.5 Å². The highest BCUT2D eigenvalue weighted by Crippen LogP contribution is 2.43. The quantitative estimate of drug-likeness (QED) is 0.163. The van der Waals surface area contributed by atoms with Crippen molar-refractivity contribution in [2.45, 2.75) is 18.9 Å². The summed E-state index contributed by atoms with van der Waals surface area (Å²) in [4.78, 5) is 23.3. The van der Waals surface area contributed by atoms with Gasteiger partial charge < -0.3 is 29.6 Å². The lowest BCUT2D eigenvalue weighted by molar-refractivity contribution is 0.0115. The molecule has 2 aliphatic rings. The number of methoxy groups -OCH3 is 1. The summed E-state index contributed by atoms with van der Waals surface area (Å²) < 4.78 is 30.0. The SMILES string of the molecule is COc1cc(N2CCC(N3CCOCC3)CC2)c(-c2cnsc2)cc1Nc1ncc(Br)c(Nc2ccc3nccnc3c2P(C)(C)=O)n1. The highest BCUT2D eigenvalue weighted by atomic mass is 79.9. The smallest absolute Gasteiger partial charge is 0.229 e. The Kier molecular flexibility index (Phi) is 9.61. The highest BCUT2D eigenvalue weighted by Gasteiger charge is 2.28. The lowest BCUT2D eigenvalue weighted by Gasteiger charge is -2.41. The first kappa shape index (κ1) is 32.8. The summed E-state index contributed by atoms with van der Waals surface area (Å²) in [5, 5.41) is 9.46. The van der Waals surface area contributed by atoms with Crippen molar-refractivity contribution in [1.29, 1.82) is 0 Å². The van der Waals surface area contributed by atoms with Gasteiger partial charge in [-0.25, -0.2) is 9.36 Å². The molecular formula is C33H37BrN9O3PS. The molecule has 7 rings (SSSR count). The van der Waals surface area contributed by atoms with Crippen LogP contribution in [0.15, 0.2) is 58.9 Å². The Morgan fingerprint density at radius 3 is 2.52 bits per heavy atom. The normalized spacial score (nSPS) is 16.3. The first-order chi connectivity index (χ1) is 23.3. The molecular weight excluding hydrogens is 713 g/mol. The van der Waals surface area contributed by atoms with Gasteiger partial charge in [-0.3, -0.25) is 14.9 Å². The number of morpholine rings is 1. The van der Waals surface area contributed by atoms with Crippen LogP contribution in [0.25, 0.3) is 22.2 Å². The zero-order chi connectivity index (χ0) is 33.3. The third-order valence-electron chi connectivity index (χ3n) is 8.82. The lowest BCUT2D eigenvalue weighted by atomic mass is 9.99. The summed E-state index contributed by atoms with van der Waals surface area (Å²) in [6.07, 6.45) is 9.03. The van der Waals surface area contributed by atoms with Crippen molar-refractivity contribution in [1.82, 2.24) is 29.2 Å². The summed E-state index contributed by atoms with van der Waals surface area (Å²) in [7, 11) is -1.08. The molecule has 5 aromatic rings. The van der Waals surface area contributed by atoms with Crippen LogP contribution in [-0.4, -0.2) is 95.1 Å². The molecule has 0 radical (unpaired) electrons. The number of piperidine rings is 1. The van der Waals surface area contributed by atoms with Gasteiger partial charge in [0, 0.05) is 85.3 Å². The van der Waals surface area contributed by atoms with Gasteiger partial charge in [0.15, 0.2) is 0 Å². The molecule has 12 nitrogen and oxygen atoms in total. The number of rotatable bonds is 9. The maximum Gasteiger partial charge on any atom is 0.229 e. The number of hydrogen-bond donors (Lipinski definition) is 2. The Morgan fingerprint density at radius 2 is 1.79 bits per heavy atom. The Labute approximate surface area is 292 Å². The highest BCUT2D eigenvalue weighted by molar-refractivity contribution is 9.10. The van der Waals surface area contributed by atoms with E-state index in [1.54, 1.807) is 39.0 Å². The zero-order valence-electron chi connectivity index (χ0n) is 27.0. The molecule has 2 saturated heterocycles. The van der Waals surface area contributed by atoms with Crippen LogP contribution in [0.1, 0.15) is 12.8 Å². The topological polar surface area (TPSA) is 131 Å². The number of anilines is 5. The van der Waals surface area contributed by atoms with Crippen LogP contribution in [0.4, 0.5) is 28.8 Å². The maximum atomic E-state index is 13.5. The molecule has 250 valence electrons. The van der Waals surface area contributed by atoms with E-state index in [4.69, 9.17) is 14.5 Å². The van der Waals surface area contributed by atoms with Gasteiger partial charge in [-0.15, -0.1) is 0 Å². The molecule has 2 fully saturated rings. The molecule has 2 aliphatic heterocycles. The van der Waals surface area contributed by atoms with Crippen LogP contribution in [0.5, 0.6) is 5.75 Å². The van der Waals surface area contributed by atoms with Crippen LogP contribution >= 0.6 is 34.6 Å². The van der Waals surface area contributed by atoms with Crippen molar-refractivity contribution < 1.29 is 14.0 Å². The summed E-state index contributed by atoms with van der Waals surface area (Å²) in [6.45, 7) is 9.03. The first-order valence-corrected chi connectivity index (χ1v) is 20.1. The first-order valence-electron chi connectivity index (χ1n) is 15.8. The number of benzene rings is 2. The number of aromatic nitrogens is 5. The zero-order valence-corrected chi connectivity index (χ0v) is 30.3. The predicted octanol–water partition coefficient (Wildman–Crippen LogP) is 6.35. The number of nitrogens with one attached hydrogen (secondary N) is 2. The standard InChI is InChI=1S/C33H37BrN9O3PS/c1-45-29-17-28(43-10-6-22(7-11-43)42-12-14-46-15-13-42)23(21-18-38-48-20-21)16-27(29)40-33-37-19-24(34)32(41-33)39-26-5-4-25-30(36-9-8-35-25)31(26)47(2,3)44/h4-5,8-9,16-20,22H,6-7,10-15H2,1-3H3,(H2,37,39,40,41). The predicted molar refractivity (Wildman–Crippen MR) is 197 cm³/mol. The fraction of sp³-hybridized carbons (Fsp3) is 0.364. The average Bonchev–Trinajstić information content (AvgIpc) is 3.64. The van der Waals surface area contributed by atoms with Gasteiger partial charge in [-0.1, -0.05) is 0 Å². The second kappa shape index (κ2) is 14.0. The van der Waals surface area contributed by atoms with Gasteiger partial charge in [0.2, 0.25) is 5.95 Å². The molecule has 5 heterocycles. The number of hydrogen-bond acceptors (Lipinski definition) is 13. The van der Waals surface area contributed by atoms with E-state index in [2.05, 4.69) is 73.2 Å². The number of nitrogens with zero attached hydrogens (tertiary/aromatic N) is 7. The lowest BCUT2D eigenvalue weighted by Crippen LogP contribution is -2.49. The van der Waals surface area contributed by atoms with Gasteiger partial charge in [0.25, 0.3) is 0 Å². The fourth-order valence-corrected chi connectivity index (χ4v) is 8.73. The molecule has 3 aromatic heterocycles. The van der Waals surface area contributed by atoms with Crippen molar-refractivity contribution >= 4 is 79.8 Å². The number of ether oxygens (including phenoxy) is 2. The molecule has 2 aromatic carbocycles. The van der Waals surface area contributed by atoms with Crippen molar-refractivity contribution in [2.24, 2.45) is 0 Å². The summed E-state index contributed by atoms with van der Waals surface area (Å²) in [5.74, 6) is 1.55. The minimum Gasteiger partial charge on any atom is -0.494 e. The molecule has 0 aliphatic carbocycles. The van der Waals surface area contributed by atoms with Crippen LogP contribution < -0.4 is 25.6 Å². The number of halogens is 1.